The van der Waals surface area contributed by atoms with E-state index in [0.29, 0.717) is 17.8 Å². The Hall–Kier alpha value is -2.86. The summed E-state index contributed by atoms with van der Waals surface area (Å²) >= 11 is 0. The van der Waals surface area contributed by atoms with Crippen LogP contribution in [0.5, 0.6) is 0 Å². The average molecular weight is 369 g/mol. The highest BCUT2D eigenvalue weighted by atomic mass is 16.2. The minimum absolute atomic E-state index is 0.0375. The van der Waals surface area contributed by atoms with Gasteiger partial charge in [0, 0.05) is 43.6 Å². The summed E-state index contributed by atoms with van der Waals surface area (Å²) in [5.74, 6) is -0.181. The van der Waals surface area contributed by atoms with Crippen LogP contribution in [-0.4, -0.2) is 46.0 Å². The number of rotatable bonds is 8. The van der Waals surface area contributed by atoms with Crippen LogP contribution in [0.4, 0.5) is 11.4 Å². The fraction of sp³-hybridized carbons (Fsp3) is 0.333. The SMILES string of the molecule is CC[NH+](CC(=O)Nc1ccc(C(=O)NC)cc1)Cc1ccc(N(C)C)cc1. The first-order valence-electron chi connectivity index (χ1n) is 9.14. The molecule has 6 heteroatoms. The molecule has 1 unspecified atom stereocenters. The van der Waals surface area contributed by atoms with E-state index < -0.39 is 0 Å². The fourth-order valence-corrected chi connectivity index (χ4v) is 2.79. The van der Waals surface area contributed by atoms with Gasteiger partial charge < -0.3 is 20.4 Å². The molecule has 0 bridgehead atoms. The normalized spacial score (nSPS) is 11.6. The molecule has 2 aromatic rings. The highest BCUT2D eigenvalue weighted by Gasteiger charge is 2.14. The van der Waals surface area contributed by atoms with Gasteiger partial charge in [0.15, 0.2) is 6.54 Å². The van der Waals surface area contributed by atoms with E-state index in [2.05, 4.69) is 46.7 Å². The molecule has 2 rings (SSSR count). The van der Waals surface area contributed by atoms with Crippen LogP contribution >= 0.6 is 0 Å². The lowest BCUT2D eigenvalue weighted by molar-refractivity contribution is -0.903. The van der Waals surface area contributed by atoms with E-state index in [9.17, 15) is 9.59 Å². The average Bonchev–Trinajstić information content (AvgIpc) is 2.67. The van der Waals surface area contributed by atoms with Gasteiger partial charge in [-0.3, -0.25) is 9.59 Å². The van der Waals surface area contributed by atoms with Crippen molar-refractivity contribution in [1.82, 2.24) is 5.32 Å². The second-order valence-corrected chi connectivity index (χ2v) is 6.72. The molecular formula is C21H29N4O2+. The molecule has 2 amide bonds. The summed E-state index contributed by atoms with van der Waals surface area (Å²) in [4.78, 5) is 27.2. The molecule has 0 spiro atoms. The predicted molar refractivity (Wildman–Crippen MR) is 109 cm³/mol. The zero-order chi connectivity index (χ0) is 19.8. The van der Waals surface area contributed by atoms with Crippen LogP contribution < -0.4 is 20.4 Å². The molecule has 0 aliphatic rings. The molecule has 144 valence electrons. The molecule has 0 saturated heterocycles. The van der Waals surface area contributed by atoms with E-state index in [4.69, 9.17) is 0 Å². The van der Waals surface area contributed by atoms with Crippen molar-refractivity contribution in [2.75, 3.05) is 44.4 Å². The number of carbonyl (C=O) groups excluding carboxylic acids is 2. The van der Waals surface area contributed by atoms with Crippen LogP contribution in [-0.2, 0) is 11.3 Å². The van der Waals surface area contributed by atoms with Crippen LogP contribution in [0.1, 0.15) is 22.8 Å². The number of carbonyl (C=O) groups is 2. The van der Waals surface area contributed by atoms with Crippen LogP contribution in [0.3, 0.4) is 0 Å². The molecule has 0 radical (unpaired) electrons. The Labute approximate surface area is 161 Å². The third kappa shape index (κ3) is 6.11. The van der Waals surface area contributed by atoms with Gasteiger partial charge in [-0.05, 0) is 43.3 Å². The Morgan fingerprint density at radius 3 is 2.15 bits per heavy atom. The first-order valence-corrected chi connectivity index (χ1v) is 9.14. The van der Waals surface area contributed by atoms with Crippen LogP contribution in [0.25, 0.3) is 0 Å². The predicted octanol–water partition coefficient (Wildman–Crippen LogP) is 1.16. The largest absolute Gasteiger partial charge is 0.378 e. The van der Waals surface area contributed by atoms with Crippen LogP contribution in [0, 0.1) is 0 Å². The number of nitrogens with zero attached hydrogens (tertiary/aromatic N) is 1. The lowest BCUT2D eigenvalue weighted by Crippen LogP contribution is -3.11. The summed E-state index contributed by atoms with van der Waals surface area (Å²) in [5.41, 5.74) is 3.63. The number of hydrogen-bond donors (Lipinski definition) is 3. The summed E-state index contributed by atoms with van der Waals surface area (Å²) in [6.07, 6.45) is 0. The molecule has 0 aliphatic heterocycles. The van der Waals surface area contributed by atoms with Gasteiger partial charge in [0.1, 0.15) is 6.54 Å². The maximum absolute atomic E-state index is 12.4. The quantitative estimate of drug-likeness (QED) is 0.654. The fourth-order valence-electron chi connectivity index (χ4n) is 2.79. The maximum atomic E-state index is 12.4. The summed E-state index contributed by atoms with van der Waals surface area (Å²) in [6.45, 7) is 4.13. The zero-order valence-corrected chi connectivity index (χ0v) is 16.5. The Bertz CT molecular complexity index is 755. The van der Waals surface area contributed by atoms with Gasteiger partial charge in [-0.1, -0.05) is 12.1 Å². The topological polar surface area (TPSA) is 65.9 Å². The molecule has 2 aromatic carbocycles. The van der Waals surface area contributed by atoms with Crippen molar-refractivity contribution in [2.45, 2.75) is 13.5 Å². The monoisotopic (exact) mass is 369 g/mol. The molecular weight excluding hydrogens is 340 g/mol. The molecule has 1 atom stereocenters. The molecule has 0 aromatic heterocycles. The van der Waals surface area contributed by atoms with Gasteiger partial charge in [0.2, 0.25) is 0 Å². The van der Waals surface area contributed by atoms with Crippen LogP contribution in [0.2, 0.25) is 0 Å². The van der Waals surface area contributed by atoms with Crippen LogP contribution in [0.15, 0.2) is 48.5 Å². The summed E-state index contributed by atoms with van der Waals surface area (Å²) in [6, 6.07) is 15.3. The maximum Gasteiger partial charge on any atom is 0.279 e. The third-order valence-electron chi connectivity index (χ3n) is 4.48. The minimum Gasteiger partial charge on any atom is -0.378 e. The molecule has 0 fully saturated rings. The lowest BCUT2D eigenvalue weighted by Gasteiger charge is -2.18. The molecule has 0 saturated carbocycles. The standard InChI is InChI=1S/C21H28N4O2/c1-5-25(14-16-6-12-19(13-7-16)24(3)4)15-20(26)23-18-10-8-17(9-11-18)21(27)22-2/h6-13H,5,14-15H2,1-4H3,(H,22,27)(H,23,26)/p+1. The van der Waals surface area contributed by atoms with Gasteiger partial charge in [0.25, 0.3) is 11.8 Å². The van der Waals surface area contributed by atoms with Crippen molar-refractivity contribution in [2.24, 2.45) is 0 Å². The Kier molecular flexibility index (Phi) is 7.37. The second kappa shape index (κ2) is 9.73. The van der Waals surface area contributed by atoms with Gasteiger partial charge in [0.05, 0.1) is 6.54 Å². The molecule has 27 heavy (non-hydrogen) atoms. The van der Waals surface area contributed by atoms with E-state index in [1.165, 1.54) is 10.5 Å². The van der Waals surface area contributed by atoms with Crippen molar-refractivity contribution in [3.8, 4) is 0 Å². The van der Waals surface area contributed by atoms with Crippen molar-refractivity contribution >= 4 is 23.2 Å². The van der Waals surface area contributed by atoms with E-state index in [0.717, 1.165) is 18.8 Å². The second-order valence-electron chi connectivity index (χ2n) is 6.72. The molecule has 3 N–H and O–H groups in total. The molecule has 0 aliphatic carbocycles. The minimum atomic E-state index is -0.144. The summed E-state index contributed by atoms with van der Waals surface area (Å²) in [5, 5.41) is 5.48. The number of benzene rings is 2. The van der Waals surface area contributed by atoms with Gasteiger partial charge in [-0.15, -0.1) is 0 Å². The smallest absolute Gasteiger partial charge is 0.279 e. The number of likely N-dealkylation sites (N-methyl/N-ethyl adjacent to an activating group) is 1. The zero-order valence-electron chi connectivity index (χ0n) is 16.5. The first-order chi connectivity index (χ1) is 12.9. The first kappa shape index (κ1) is 20.5. The lowest BCUT2D eigenvalue weighted by atomic mass is 10.2. The van der Waals surface area contributed by atoms with E-state index in [1.54, 1.807) is 31.3 Å². The number of amides is 2. The van der Waals surface area contributed by atoms with Gasteiger partial charge in [-0.25, -0.2) is 0 Å². The van der Waals surface area contributed by atoms with Crippen molar-refractivity contribution in [1.29, 1.82) is 0 Å². The number of anilines is 2. The van der Waals surface area contributed by atoms with E-state index in [1.807, 2.05) is 14.1 Å². The number of quaternary nitrogens is 1. The summed E-state index contributed by atoms with van der Waals surface area (Å²) in [7, 11) is 5.63. The molecule has 0 heterocycles. The number of hydrogen-bond acceptors (Lipinski definition) is 3. The Morgan fingerprint density at radius 2 is 1.63 bits per heavy atom. The van der Waals surface area contributed by atoms with Gasteiger partial charge >= 0.3 is 0 Å². The van der Waals surface area contributed by atoms with Crippen molar-refractivity contribution < 1.29 is 14.5 Å². The highest BCUT2D eigenvalue weighted by molar-refractivity contribution is 5.95. The Balaban J connectivity index is 1.91. The summed E-state index contributed by atoms with van der Waals surface area (Å²) < 4.78 is 0. The Morgan fingerprint density at radius 1 is 1.00 bits per heavy atom. The number of nitrogens with one attached hydrogen (secondary N) is 3. The van der Waals surface area contributed by atoms with Gasteiger partial charge in [-0.2, -0.15) is 0 Å². The highest BCUT2D eigenvalue weighted by Crippen LogP contribution is 2.11. The van der Waals surface area contributed by atoms with Crippen molar-refractivity contribution in [3.63, 3.8) is 0 Å². The van der Waals surface area contributed by atoms with E-state index in [-0.39, 0.29) is 11.8 Å². The van der Waals surface area contributed by atoms with E-state index >= 15 is 0 Å². The van der Waals surface area contributed by atoms with Crippen molar-refractivity contribution in [3.05, 3.63) is 59.7 Å². The molecule has 6 nitrogen and oxygen atoms in total. The third-order valence-corrected chi connectivity index (χ3v) is 4.48.